The lowest BCUT2D eigenvalue weighted by Gasteiger charge is -2.13. The van der Waals surface area contributed by atoms with Crippen LogP contribution in [0, 0.1) is 3.57 Å². The van der Waals surface area contributed by atoms with Crippen molar-refractivity contribution < 1.29 is 9.59 Å². The number of rotatable bonds is 2. The van der Waals surface area contributed by atoms with Crippen LogP contribution in [0.15, 0.2) is 57.9 Å². The van der Waals surface area contributed by atoms with Gasteiger partial charge in [0.25, 0.3) is 11.8 Å². The maximum Gasteiger partial charge on any atom is 0.273 e. The van der Waals surface area contributed by atoms with Gasteiger partial charge in [0.05, 0.1) is 10.5 Å². The minimum atomic E-state index is -0.420. The van der Waals surface area contributed by atoms with Crippen LogP contribution in [0.2, 0.25) is 0 Å². The molecular formula is C17H9BrINO2S2. The van der Waals surface area contributed by atoms with E-state index in [4.69, 9.17) is 12.2 Å². The summed E-state index contributed by atoms with van der Waals surface area (Å²) < 4.78 is 1.99. The van der Waals surface area contributed by atoms with E-state index in [1.807, 2.05) is 30.3 Å². The van der Waals surface area contributed by atoms with E-state index in [0.29, 0.717) is 14.9 Å². The molecule has 1 aliphatic rings. The highest BCUT2D eigenvalue weighted by molar-refractivity contribution is 14.1. The fraction of sp³-hybridized carbons (Fsp3) is 0. The Morgan fingerprint density at radius 1 is 1.17 bits per heavy atom. The van der Waals surface area contributed by atoms with Crippen molar-refractivity contribution in [3.8, 4) is 0 Å². The third kappa shape index (κ3) is 3.63. The van der Waals surface area contributed by atoms with E-state index in [1.165, 1.54) is 0 Å². The van der Waals surface area contributed by atoms with Crippen LogP contribution in [0.3, 0.4) is 0 Å². The van der Waals surface area contributed by atoms with Crippen LogP contribution in [0.5, 0.6) is 0 Å². The minimum absolute atomic E-state index is 0.248. The van der Waals surface area contributed by atoms with Crippen LogP contribution in [0.25, 0.3) is 6.08 Å². The summed E-state index contributed by atoms with van der Waals surface area (Å²) in [6, 6.07) is 14.7. The van der Waals surface area contributed by atoms with Crippen LogP contribution >= 0.6 is 62.5 Å². The third-order valence-electron chi connectivity index (χ3n) is 3.27. The van der Waals surface area contributed by atoms with Crippen LogP contribution in [0.1, 0.15) is 15.9 Å². The summed E-state index contributed by atoms with van der Waals surface area (Å²) in [5.74, 6) is -0.805. The zero-order valence-electron chi connectivity index (χ0n) is 12.0. The summed E-state index contributed by atoms with van der Waals surface area (Å²) in [5.41, 5.74) is 1.30. The molecule has 1 fully saturated rings. The Kier molecular flexibility index (Phi) is 5.53. The highest BCUT2D eigenvalue weighted by Gasteiger charge is 2.37. The number of thioether (sulfide) groups is 1. The Morgan fingerprint density at radius 3 is 2.50 bits per heavy atom. The zero-order chi connectivity index (χ0) is 17.3. The molecule has 0 saturated carbocycles. The number of hydrogen-bond acceptors (Lipinski definition) is 4. The SMILES string of the molecule is O=C1C(=Cc2ccc(I)cc2)SC(=S)N1C(=O)c1ccccc1Br. The molecule has 1 heterocycles. The molecule has 0 N–H and O–H groups in total. The van der Waals surface area contributed by atoms with Gasteiger partial charge in [-0.15, -0.1) is 0 Å². The molecule has 2 amide bonds. The first-order chi connectivity index (χ1) is 11.5. The van der Waals surface area contributed by atoms with Crippen molar-refractivity contribution in [3.63, 3.8) is 0 Å². The number of halogens is 2. The lowest BCUT2D eigenvalue weighted by molar-refractivity contribution is -0.120. The van der Waals surface area contributed by atoms with Crippen LogP contribution in [0.4, 0.5) is 0 Å². The van der Waals surface area contributed by atoms with E-state index in [2.05, 4.69) is 38.5 Å². The van der Waals surface area contributed by atoms with Crippen molar-refractivity contribution in [2.24, 2.45) is 0 Å². The van der Waals surface area contributed by atoms with Crippen LogP contribution in [-0.4, -0.2) is 21.0 Å². The van der Waals surface area contributed by atoms with Gasteiger partial charge in [0.1, 0.15) is 0 Å². The number of hydrogen-bond donors (Lipinski definition) is 0. The van der Waals surface area contributed by atoms with Crippen molar-refractivity contribution in [3.05, 3.63) is 72.6 Å². The van der Waals surface area contributed by atoms with Gasteiger partial charge >= 0.3 is 0 Å². The summed E-state index contributed by atoms with van der Waals surface area (Å²) in [6.07, 6.45) is 1.75. The number of nitrogens with zero attached hydrogens (tertiary/aromatic N) is 1. The number of carbonyl (C=O) groups excluding carboxylic acids is 2. The molecule has 24 heavy (non-hydrogen) atoms. The zero-order valence-corrected chi connectivity index (χ0v) is 17.4. The Balaban J connectivity index is 1.91. The minimum Gasteiger partial charge on any atom is -0.268 e. The topological polar surface area (TPSA) is 37.4 Å². The quantitative estimate of drug-likeness (QED) is 0.235. The van der Waals surface area contributed by atoms with Crippen molar-refractivity contribution in [1.82, 2.24) is 4.90 Å². The lowest BCUT2D eigenvalue weighted by Crippen LogP contribution is -2.34. The van der Waals surface area contributed by atoms with Crippen LogP contribution < -0.4 is 0 Å². The van der Waals surface area contributed by atoms with Gasteiger partial charge in [0.15, 0.2) is 4.32 Å². The van der Waals surface area contributed by atoms with Crippen LogP contribution in [-0.2, 0) is 4.79 Å². The van der Waals surface area contributed by atoms with E-state index < -0.39 is 5.91 Å². The molecule has 2 aromatic rings. The maximum absolute atomic E-state index is 12.7. The van der Waals surface area contributed by atoms with Gasteiger partial charge in [-0.2, -0.15) is 0 Å². The summed E-state index contributed by atoms with van der Waals surface area (Å²) in [5, 5.41) is 0. The van der Waals surface area contributed by atoms with Crippen molar-refractivity contribution in [1.29, 1.82) is 0 Å². The number of imide groups is 1. The number of benzene rings is 2. The molecule has 0 spiro atoms. The second-order valence-electron chi connectivity index (χ2n) is 4.85. The monoisotopic (exact) mass is 529 g/mol. The smallest absolute Gasteiger partial charge is 0.268 e. The van der Waals surface area contributed by atoms with Crippen molar-refractivity contribution in [2.45, 2.75) is 0 Å². The van der Waals surface area contributed by atoms with Gasteiger partial charge in [0, 0.05) is 8.04 Å². The van der Waals surface area contributed by atoms with E-state index in [-0.39, 0.29) is 10.2 Å². The molecular weight excluding hydrogens is 521 g/mol. The average molecular weight is 530 g/mol. The first-order valence-corrected chi connectivity index (χ1v) is 9.89. The molecule has 0 unspecified atom stereocenters. The first kappa shape index (κ1) is 17.8. The van der Waals surface area contributed by atoms with Gasteiger partial charge in [-0.05, 0) is 74.4 Å². The Labute approximate surface area is 170 Å². The number of amides is 2. The highest BCUT2D eigenvalue weighted by atomic mass is 127. The molecule has 120 valence electrons. The van der Waals surface area contributed by atoms with E-state index in [9.17, 15) is 9.59 Å². The summed E-state index contributed by atoms with van der Waals surface area (Å²) in [7, 11) is 0. The molecule has 1 aliphatic heterocycles. The number of carbonyl (C=O) groups is 2. The Morgan fingerprint density at radius 2 is 1.83 bits per heavy atom. The van der Waals surface area contributed by atoms with Crippen molar-refractivity contribution >= 4 is 84.7 Å². The fourth-order valence-electron chi connectivity index (χ4n) is 2.11. The Hall–Kier alpha value is -1.03. The maximum atomic E-state index is 12.7. The van der Waals surface area contributed by atoms with Gasteiger partial charge in [-0.25, -0.2) is 4.90 Å². The summed E-state index contributed by atoms with van der Waals surface area (Å²) in [4.78, 5) is 26.8. The normalized spacial score (nSPS) is 16.1. The van der Waals surface area contributed by atoms with Gasteiger partial charge < -0.3 is 0 Å². The molecule has 0 atom stereocenters. The average Bonchev–Trinajstić information content (AvgIpc) is 2.83. The predicted octanol–water partition coefficient (Wildman–Crippen LogP) is 5.10. The predicted molar refractivity (Wildman–Crippen MR) is 113 cm³/mol. The summed E-state index contributed by atoms with van der Waals surface area (Å²) >= 11 is 11.9. The first-order valence-electron chi connectivity index (χ1n) is 6.80. The largest absolute Gasteiger partial charge is 0.273 e. The molecule has 0 bridgehead atoms. The Bertz CT molecular complexity index is 880. The third-order valence-corrected chi connectivity index (χ3v) is 5.98. The second-order valence-corrected chi connectivity index (χ2v) is 8.63. The van der Waals surface area contributed by atoms with E-state index in [1.54, 1.807) is 24.3 Å². The highest BCUT2D eigenvalue weighted by Crippen LogP contribution is 2.34. The summed E-state index contributed by atoms with van der Waals surface area (Å²) in [6.45, 7) is 0. The lowest BCUT2D eigenvalue weighted by atomic mass is 10.2. The van der Waals surface area contributed by atoms with Gasteiger partial charge in [0.2, 0.25) is 0 Å². The standard InChI is InChI=1S/C17H9BrINO2S2/c18-13-4-2-1-3-12(13)15(21)20-16(22)14(24-17(20)23)9-10-5-7-11(19)8-6-10/h1-9H. The molecule has 3 rings (SSSR count). The van der Waals surface area contributed by atoms with E-state index >= 15 is 0 Å². The molecule has 2 aromatic carbocycles. The van der Waals surface area contributed by atoms with Crippen molar-refractivity contribution in [2.75, 3.05) is 0 Å². The van der Waals surface area contributed by atoms with Gasteiger partial charge in [-0.3, -0.25) is 9.59 Å². The fourth-order valence-corrected chi connectivity index (χ4v) is 4.18. The molecule has 0 aliphatic carbocycles. The molecule has 1 saturated heterocycles. The number of thiocarbonyl (C=S) groups is 1. The van der Waals surface area contributed by atoms with Gasteiger partial charge in [-0.1, -0.05) is 48.2 Å². The second kappa shape index (κ2) is 7.47. The molecule has 3 nitrogen and oxygen atoms in total. The molecule has 0 aromatic heterocycles. The molecule has 0 radical (unpaired) electrons. The van der Waals surface area contributed by atoms with E-state index in [0.717, 1.165) is 25.8 Å². The molecule has 7 heteroatoms.